The van der Waals surface area contributed by atoms with Crippen LogP contribution in [0.2, 0.25) is 5.02 Å². The quantitative estimate of drug-likeness (QED) is 0.762. The number of hydrogen-bond donors (Lipinski definition) is 1. The summed E-state index contributed by atoms with van der Waals surface area (Å²) in [5.41, 5.74) is 0.818. The van der Waals surface area contributed by atoms with E-state index in [1.807, 2.05) is 37.3 Å². The van der Waals surface area contributed by atoms with Crippen LogP contribution in [0.4, 0.5) is 4.39 Å². The fraction of sp³-hybridized carbons (Fsp3) is 0.263. The van der Waals surface area contributed by atoms with Gasteiger partial charge in [0.25, 0.3) is 5.91 Å². The van der Waals surface area contributed by atoms with Gasteiger partial charge >= 0.3 is 5.97 Å². The largest absolute Gasteiger partial charge is 0.452 e. The topological polar surface area (TPSA) is 55.4 Å². The molecule has 0 aliphatic carbocycles. The van der Waals surface area contributed by atoms with Crippen molar-refractivity contribution in [2.45, 2.75) is 25.8 Å². The van der Waals surface area contributed by atoms with E-state index in [1.54, 1.807) is 0 Å². The molecule has 1 amide bonds. The van der Waals surface area contributed by atoms with Crippen LogP contribution in [-0.2, 0) is 16.0 Å². The molecule has 1 N–H and O–H groups in total. The Morgan fingerprint density at radius 3 is 2.56 bits per heavy atom. The molecule has 0 saturated heterocycles. The van der Waals surface area contributed by atoms with Crippen LogP contribution in [0.25, 0.3) is 0 Å². The van der Waals surface area contributed by atoms with E-state index in [0.717, 1.165) is 18.9 Å². The van der Waals surface area contributed by atoms with Crippen molar-refractivity contribution in [2.75, 3.05) is 6.61 Å². The molecule has 25 heavy (non-hydrogen) atoms. The zero-order valence-electron chi connectivity index (χ0n) is 13.8. The maximum absolute atomic E-state index is 13.6. The number of carbonyl (C=O) groups excluding carboxylic acids is 2. The summed E-state index contributed by atoms with van der Waals surface area (Å²) in [7, 11) is 0. The number of halogens is 2. The first-order valence-corrected chi connectivity index (χ1v) is 8.29. The summed E-state index contributed by atoms with van der Waals surface area (Å²) in [6.07, 6.45) is 1.58. The predicted molar refractivity (Wildman–Crippen MR) is 94.1 cm³/mol. The lowest BCUT2D eigenvalue weighted by atomic mass is 10.1. The van der Waals surface area contributed by atoms with Gasteiger partial charge in [-0.05, 0) is 37.5 Å². The summed E-state index contributed by atoms with van der Waals surface area (Å²) >= 11 is 5.78. The second kappa shape index (κ2) is 9.18. The molecular formula is C19H19ClFNO3. The van der Waals surface area contributed by atoms with E-state index < -0.39 is 24.3 Å². The number of nitrogens with one attached hydrogen (secondary N) is 1. The lowest BCUT2D eigenvalue weighted by Gasteiger charge is -2.14. The van der Waals surface area contributed by atoms with Crippen molar-refractivity contribution in [1.82, 2.24) is 5.32 Å². The van der Waals surface area contributed by atoms with Gasteiger partial charge in [-0.2, -0.15) is 0 Å². The second-order valence-electron chi connectivity index (χ2n) is 5.67. The van der Waals surface area contributed by atoms with Crippen LogP contribution in [0.3, 0.4) is 0 Å². The SMILES string of the molecule is C[C@@H](CCc1ccccc1)NC(=O)COC(=O)c1c(F)cccc1Cl. The molecule has 0 bridgehead atoms. The van der Waals surface area contributed by atoms with Gasteiger partial charge in [0, 0.05) is 6.04 Å². The van der Waals surface area contributed by atoms with E-state index in [4.69, 9.17) is 16.3 Å². The van der Waals surface area contributed by atoms with E-state index >= 15 is 0 Å². The number of benzene rings is 2. The lowest BCUT2D eigenvalue weighted by Crippen LogP contribution is -2.36. The third-order valence-corrected chi connectivity index (χ3v) is 3.93. The summed E-state index contributed by atoms with van der Waals surface area (Å²) in [6, 6.07) is 13.7. The molecule has 0 aliphatic heterocycles. The number of hydrogen-bond acceptors (Lipinski definition) is 3. The molecule has 132 valence electrons. The minimum Gasteiger partial charge on any atom is -0.452 e. The lowest BCUT2D eigenvalue weighted by molar-refractivity contribution is -0.124. The number of carbonyl (C=O) groups is 2. The van der Waals surface area contributed by atoms with Crippen LogP contribution in [0, 0.1) is 5.82 Å². The Labute approximate surface area is 150 Å². The van der Waals surface area contributed by atoms with E-state index in [9.17, 15) is 14.0 Å². The molecule has 0 spiro atoms. The van der Waals surface area contributed by atoms with Crippen LogP contribution in [0.1, 0.15) is 29.3 Å². The first-order valence-electron chi connectivity index (χ1n) is 7.92. The fourth-order valence-electron chi connectivity index (χ4n) is 2.31. The van der Waals surface area contributed by atoms with E-state index in [0.29, 0.717) is 0 Å². The van der Waals surface area contributed by atoms with Gasteiger partial charge in [-0.15, -0.1) is 0 Å². The third-order valence-electron chi connectivity index (χ3n) is 3.62. The molecule has 6 heteroatoms. The summed E-state index contributed by atoms with van der Waals surface area (Å²) in [6.45, 7) is 1.38. The van der Waals surface area contributed by atoms with Crippen LogP contribution in [-0.4, -0.2) is 24.5 Å². The standard InChI is InChI=1S/C19H19ClFNO3/c1-13(10-11-14-6-3-2-4-7-14)22-17(23)12-25-19(24)18-15(20)8-5-9-16(18)21/h2-9,13H,10-12H2,1H3,(H,22,23)/t13-/m0/s1. The predicted octanol–water partition coefficient (Wildman–Crippen LogP) is 3.77. The Morgan fingerprint density at radius 2 is 1.88 bits per heavy atom. The van der Waals surface area contributed by atoms with Gasteiger partial charge in [0.05, 0.1) is 5.02 Å². The molecule has 2 rings (SSSR count). The highest BCUT2D eigenvalue weighted by atomic mass is 35.5. The zero-order valence-corrected chi connectivity index (χ0v) is 14.6. The highest BCUT2D eigenvalue weighted by Crippen LogP contribution is 2.19. The highest BCUT2D eigenvalue weighted by Gasteiger charge is 2.18. The molecule has 0 fully saturated rings. The first kappa shape index (κ1) is 18.9. The normalized spacial score (nSPS) is 11.6. The smallest absolute Gasteiger partial charge is 0.343 e. The Bertz CT molecular complexity index is 716. The summed E-state index contributed by atoms with van der Waals surface area (Å²) in [4.78, 5) is 23.7. The van der Waals surface area contributed by atoms with Gasteiger partial charge in [-0.3, -0.25) is 4.79 Å². The van der Waals surface area contributed by atoms with Crippen molar-refractivity contribution in [3.63, 3.8) is 0 Å². The molecule has 0 saturated carbocycles. The van der Waals surface area contributed by atoms with Crippen LogP contribution in [0.5, 0.6) is 0 Å². The Hall–Kier alpha value is -2.40. The van der Waals surface area contributed by atoms with Crippen molar-refractivity contribution in [3.8, 4) is 0 Å². The Morgan fingerprint density at radius 1 is 1.16 bits per heavy atom. The molecule has 0 aromatic heterocycles. The van der Waals surface area contributed by atoms with Gasteiger partial charge in [0.15, 0.2) is 6.61 Å². The van der Waals surface area contributed by atoms with Gasteiger partial charge in [0.1, 0.15) is 11.4 Å². The minimum absolute atomic E-state index is 0.0540. The van der Waals surface area contributed by atoms with Crippen LogP contribution in [0.15, 0.2) is 48.5 Å². The maximum Gasteiger partial charge on any atom is 0.343 e. The molecule has 2 aromatic rings. The van der Waals surface area contributed by atoms with Crippen molar-refractivity contribution in [1.29, 1.82) is 0 Å². The molecule has 1 atom stereocenters. The average molecular weight is 364 g/mol. The van der Waals surface area contributed by atoms with E-state index in [1.165, 1.54) is 17.7 Å². The monoisotopic (exact) mass is 363 g/mol. The fourth-order valence-corrected chi connectivity index (χ4v) is 2.55. The van der Waals surface area contributed by atoms with Gasteiger partial charge in [-0.25, -0.2) is 9.18 Å². The van der Waals surface area contributed by atoms with Crippen molar-refractivity contribution in [2.24, 2.45) is 0 Å². The molecular weight excluding hydrogens is 345 g/mol. The van der Waals surface area contributed by atoms with Crippen LogP contribution < -0.4 is 5.32 Å². The number of ether oxygens (including phenoxy) is 1. The minimum atomic E-state index is -0.963. The molecule has 0 radical (unpaired) electrons. The highest BCUT2D eigenvalue weighted by molar-refractivity contribution is 6.33. The van der Waals surface area contributed by atoms with Crippen molar-refractivity contribution >= 4 is 23.5 Å². The number of rotatable bonds is 7. The number of amides is 1. The van der Waals surface area contributed by atoms with E-state index in [2.05, 4.69) is 5.32 Å². The summed E-state index contributed by atoms with van der Waals surface area (Å²) in [5.74, 6) is -2.19. The van der Waals surface area contributed by atoms with Gasteiger partial charge in [-0.1, -0.05) is 48.0 Å². The maximum atomic E-state index is 13.6. The first-order chi connectivity index (χ1) is 12.0. The zero-order chi connectivity index (χ0) is 18.2. The van der Waals surface area contributed by atoms with Gasteiger partial charge < -0.3 is 10.1 Å². The summed E-state index contributed by atoms with van der Waals surface area (Å²) in [5, 5.41) is 2.69. The second-order valence-corrected chi connectivity index (χ2v) is 6.07. The molecule has 0 unspecified atom stereocenters. The molecule has 2 aromatic carbocycles. The number of esters is 1. The summed E-state index contributed by atoms with van der Waals surface area (Å²) < 4.78 is 18.5. The van der Waals surface area contributed by atoms with Gasteiger partial charge in [0.2, 0.25) is 0 Å². The van der Waals surface area contributed by atoms with E-state index in [-0.39, 0.29) is 16.6 Å². The number of aryl methyl sites for hydroxylation is 1. The molecule has 4 nitrogen and oxygen atoms in total. The molecule has 0 heterocycles. The third kappa shape index (κ3) is 5.87. The van der Waals surface area contributed by atoms with Crippen molar-refractivity contribution in [3.05, 3.63) is 70.5 Å². The van der Waals surface area contributed by atoms with Crippen LogP contribution >= 0.6 is 11.6 Å². The molecule has 0 aliphatic rings. The Balaban J connectivity index is 1.77. The van der Waals surface area contributed by atoms with Crippen molar-refractivity contribution < 1.29 is 18.7 Å². The Kier molecular flexibility index (Phi) is 6.95. The average Bonchev–Trinajstić information content (AvgIpc) is 2.59.